The van der Waals surface area contributed by atoms with Gasteiger partial charge in [-0.2, -0.15) is 0 Å². The van der Waals surface area contributed by atoms with Gasteiger partial charge in [0.05, 0.1) is 31.8 Å². The molecule has 5 rings (SSSR count). The highest BCUT2D eigenvalue weighted by Gasteiger charge is 2.32. The number of fused-ring (bicyclic) bond motifs is 2. The molecule has 4 nitrogen and oxygen atoms in total. The van der Waals surface area contributed by atoms with Crippen LogP contribution < -0.4 is 5.32 Å². The van der Waals surface area contributed by atoms with Gasteiger partial charge in [-0.15, -0.1) is 22.7 Å². The molecule has 0 aliphatic heterocycles. The van der Waals surface area contributed by atoms with Crippen molar-refractivity contribution in [3.63, 3.8) is 0 Å². The van der Waals surface area contributed by atoms with E-state index in [0.29, 0.717) is 6.54 Å². The SMILES string of the molecule is O=C(NCCc1nc2c(s1)CCCC2)C1CC=CCC1c1nc2ccccc2s1. The summed E-state index contributed by atoms with van der Waals surface area (Å²) < 4.78 is 1.20. The fourth-order valence-electron chi connectivity index (χ4n) is 4.36. The van der Waals surface area contributed by atoms with Crippen LogP contribution in [0.2, 0.25) is 0 Å². The number of nitrogens with zero attached hydrogens (tertiary/aromatic N) is 2. The van der Waals surface area contributed by atoms with E-state index in [9.17, 15) is 4.79 Å². The lowest BCUT2D eigenvalue weighted by molar-refractivity contribution is -0.125. The lowest BCUT2D eigenvalue weighted by Gasteiger charge is -2.26. The van der Waals surface area contributed by atoms with E-state index in [4.69, 9.17) is 9.97 Å². The van der Waals surface area contributed by atoms with Gasteiger partial charge in [0.25, 0.3) is 0 Å². The van der Waals surface area contributed by atoms with E-state index in [0.717, 1.165) is 36.2 Å². The van der Waals surface area contributed by atoms with Gasteiger partial charge in [0, 0.05) is 23.8 Å². The fraction of sp³-hybridized carbons (Fsp3) is 0.435. The summed E-state index contributed by atoms with van der Waals surface area (Å²) in [6.45, 7) is 0.665. The zero-order valence-electron chi connectivity index (χ0n) is 16.4. The minimum absolute atomic E-state index is 0.0370. The smallest absolute Gasteiger partial charge is 0.224 e. The number of carbonyl (C=O) groups excluding carboxylic acids is 1. The molecular weight excluding hydrogens is 398 g/mol. The first-order valence-corrected chi connectivity index (χ1v) is 12.2. The van der Waals surface area contributed by atoms with Crippen LogP contribution in [0.1, 0.15) is 52.2 Å². The van der Waals surface area contributed by atoms with Crippen LogP contribution in [0.4, 0.5) is 0 Å². The molecule has 0 bridgehead atoms. The molecule has 2 aliphatic rings. The summed E-state index contributed by atoms with van der Waals surface area (Å²) in [4.78, 5) is 24.1. The van der Waals surface area contributed by atoms with Crippen LogP contribution in [-0.2, 0) is 24.1 Å². The molecule has 0 saturated heterocycles. The van der Waals surface area contributed by atoms with Crippen LogP contribution in [0.5, 0.6) is 0 Å². The number of hydrogen-bond donors (Lipinski definition) is 1. The first kappa shape index (κ1) is 18.9. The molecule has 0 fully saturated rings. The molecule has 1 amide bonds. The Morgan fingerprint density at radius 3 is 2.83 bits per heavy atom. The molecule has 2 atom stereocenters. The van der Waals surface area contributed by atoms with Gasteiger partial charge in [-0.25, -0.2) is 9.97 Å². The summed E-state index contributed by atoms with van der Waals surface area (Å²) in [5.41, 5.74) is 2.34. The third-order valence-electron chi connectivity index (χ3n) is 5.92. The van der Waals surface area contributed by atoms with Crippen molar-refractivity contribution in [2.45, 2.75) is 50.9 Å². The lowest BCUT2D eigenvalue weighted by atomic mass is 9.82. The monoisotopic (exact) mass is 423 g/mol. The molecule has 6 heteroatoms. The Hall–Kier alpha value is -2.05. The molecule has 2 aliphatic carbocycles. The Kier molecular flexibility index (Phi) is 5.46. The maximum absolute atomic E-state index is 13.0. The highest BCUT2D eigenvalue weighted by atomic mass is 32.1. The fourth-order valence-corrected chi connectivity index (χ4v) is 6.66. The topological polar surface area (TPSA) is 54.9 Å². The van der Waals surface area contributed by atoms with Gasteiger partial charge in [0.1, 0.15) is 0 Å². The van der Waals surface area contributed by atoms with Crippen molar-refractivity contribution >= 4 is 38.8 Å². The van der Waals surface area contributed by atoms with Crippen molar-refractivity contribution in [2.24, 2.45) is 5.92 Å². The highest BCUT2D eigenvalue weighted by molar-refractivity contribution is 7.18. The van der Waals surface area contributed by atoms with Gasteiger partial charge in [-0.1, -0.05) is 24.3 Å². The number of allylic oxidation sites excluding steroid dienone is 2. The second-order valence-electron chi connectivity index (χ2n) is 7.90. The van der Waals surface area contributed by atoms with Crippen molar-refractivity contribution in [1.82, 2.24) is 15.3 Å². The molecule has 0 saturated carbocycles. The molecule has 2 aromatic heterocycles. The number of thiazole rings is 2. The summed E-state index contributed by atoms with van der Waals surface area (Å²) in [6.07, 6.45) is 11.7. The maximum atomic E-state index is 13.0. The third kappa shape index (κ3) is 4.01. The van der Waals surface area contributed by atoms with E-state index in [1.165, 1.54) is 39.5 Å². The molecular formula is C23H25N3OS2. The van der Waals surface area contributed by atoms with E-state index < -0.39 is 0 Å². The molecule has 3 aromatic rings. The highest BCUT2D eigenvalue weighted by Crippen LogP contribution is 2.38. The largest absolute Gasteiger partial charge is 0.355 e. The second kappa shape index (κ2) is 8.36. The van der Waals surface area contributed by atoms with E-state index in [1.54, 1.807) is 11.3 Å². The number of aryl methyl sites for hydroxylation is 2. The van der Waals surface area contributed by atoms with E-state index >= 15 is 0 Å². The van der Waals surface area contributed by atoms with Crippen molar-refractivity contribution in [3.05, 3.63) is 57.0 Å². The van der Waals surface area contributed by atoms with Gasteiger partial charge in [0.15, 0.2) is 0 Å². The molecule has 2 unspecified atom stereocenters. The Balaban J connectivity index is 1.24. The second-order valence-corrected chi connectivity index (χ2v) is 10.1. The number of nitrogens with one attached hydrogen (secondary N) is 1. The summed E-state index contributed by atoms with van der Waals surface area (Å²) in [5, 5.41) is 5.44. The quantitative estimate of drug-likeness (QED) is 0.585. The number of aromatic nitrogens is 2. The van der Waals surface area contributed by atoms with Crippen molar-refractivity contribution in [3.8, 4) is 0 Å². The van der Waals surface area contributed by atoms with E-state index in [2.05, 4.69) is 29.6 Å². The number of rotatable bonds is 5. The molecule has 0 radical (unpaired) electrons. The zero-order chi connectivity index (χ0) is 19.6. The third-order valence-corrected chi connectivity index (χ3v) is 8.31. The van der Waals surface area contributed by atoms with Crippen LogP contribution >= 0.6 is 22.7 Å². The molecule has 1 aromatic carbocycles. The van der Waals surface area contributed by atoms with Gasteiger partial charge in [-0.05, 0) is 50.7 Å². The normalized spacial score (nSPS) is 21.2. The van der Waals surface area contributed by atoms with Crippen LogP contribution in [0.25, 0.3) is 10.2 Å². The number of benzene rings is 1. The van der Waals surface area contributed by atoms with Crippen LogP contribution in [0, 0.1) is 5.92 Å². The zero-order valence-corrected chi connectivity index (χ0v) is 18.0. The summed E-state index contributed by atoms with van der Waals surface area (Å²) in [5.74, 6) is 0.287. The van der Waals surface area contributed by atoms with Crippen molar-refractivity contribution in [1.29, 1.82) is 0 Å². The summed E-state index contributed by atoms with van der Waals surface area (Å²) >= 11 is 3.57. The van der Waals surface area contributed by atoms with Crippen LogP contribution in [0.15, 0.2) is 36.4 Å². The Labute approximate surface area is 179 Å². The molecule has 150 valence electrons. The number of hydrogen-bond acceptors (Lipinski definition) is 5. The standard InChI is InChI=1S/C23H25N3OS2/c27-22(24-14-13-21-25-17-9-3-5-11-19(17)28-21)15-7-1-2-8-16(15)23-26-18-10-4-6-12-20(18)29-23/h1-2,4,6,10,12,15-16H,3,5,7-9,11,13-14H2,(H,24,27). The molecule has 1 N–H and O–H groups in total. The van der Waals surface area contributed by atoms with Crippen molar-refractivity contribution in [2.75, 3.05) is 6.54 Å². The summed E-state index contributed by atoms with van der Waals surface area (Å²) in [6, 6.07) is 8.23. The summed E-state index contributed by atoms with van der Waals surface area (Å²) in [7, 11) is 0. The lowest BCUT2D eigenvalue weighted by Crippen LogP contribution is -2.36. The van der Waals surface area contributed by atoms with E-state index in [1.807, 2.05) is 23.5 Å². The average Bonchev–Trinajstić information content (AvgIpc) is 3.37. The Bertz CT molecular complexity index is 995. The molecule has 29 heavy (non-hydrogen) atoms. The van der Waals surface area contributed by atoms with Gasteiger partial charge < -0.3 is 5.32 Å². The minimum Gasteiger partial charge on any atom is -0.355 e. The molecule has 2 heterocycles. The predicted molar refractivity (Wildman–Crippen MR) is 120 cm³/mol. The average molecular weight is 424 g/mol. The minimum atomic E-state index is -0.0370. The number of para-hydroxylation sites is 1. The molecule has 0 spiro atoms. The van der Waals surface area contributed by atoms with E-state index in [-0.39, 0.29) is 17.7 Å². The van der Waals surface area contributed by atoms with Crippen LogP contribution in [0.3, 0.4) is 0 Å². The van der Waals surface area contributed by atoms with Gasteiger partial charge in [-0.3, -0.25) is 4.79 Å². The maximum Gasteiger partial charge on any atom is 0.224 e. The predicted octanol–water partition coefficient (Wildman–Crippen LogP) is 5.04. The van der Waals surface area contributed by atoms with Gasteiger partial charge in [0.2, 0.25) is 5.91 Å². The number of carbonyl (C=O) groups is 1. The first-order chi connectivity index (χ1) is 14.3. The first-order valence-electron chi connectivity index (χ1n) is 10.5. The Morgan fingerprint density at radius 1 is 1.07 bits per heavy atom. The van der Waals surface area contributed by atoms with Crippen molar-refractivity contribution < 1.29 is 4.79 Å². The number of amides is 1. The Morgan fingerprint density at radius 2 is 1.93 bits per heavy atom. The van der Waals surface area contributed by atoms with Crippen LogP contribution in [-0.4, -0.2) is 22.4 Å². The van der Waals surface area contributed by atoms with Gasteiger partial charge >= 0.3 is 0 Å².